The normalized spacial score (nSPS) is 11.0. The second-order valence-electron chi connectivity index (χ2n) is 5.29. The first kappa shape index (κ1) is 16.3. The van der Waals surface area contributed by atoms with E-state index in [9.17, 15) is 9.18 Å². The molecule has 0 saturated heterocycles. The predicted molar refractivity (Wildman–Crippen MR) is 94.2 cm³/mol. The number of fused-ring (bicyclic) bond motifs is 1. The fourth-order valence-corrected chi connectivity index (χ4v) is 2.97. The van der Waals surface area contributed by atoms with Gasteiger partial charge in [-0.3, -0.25) is 10.1 Å². The van der Waals surface area contributed by atoms with E-state index in [0.717, 1.165) is 5.56 Å². The third-order valence-electron chi connectivity index (χ3n) is 3.49. The van der Waals surface area contributed by atoms with Crippen molar-refractivity contribution in [1.29, 1.82) is 0 Å². The standard InChI is InChI=1S/C17H12FN5O2S/c18-12-5-3-11(4-6-12)13-7-8-14-20-21-17(23(14)22-13)26-10-15(24)19-16-2-1-9-25-16/h1-9H,10H2,(H,19,24). The first-order chi connectivity index (χ1) is 12.7. The van der Waals surface area contributed by atoms with Crippen molar-refractivity contribution >= 4 is 29.2 Å². The molecule has 130 valence electrons. The van der Waals surface area contributed by atoms with Crippen LogP contribution in [0.2, 0.25) is 0 Å². The molecule has 1 aromatic carbocycles. The summed E-state index contributed by atoms with van der Waals surface area (Å²) >= 11 is 1.21. The highest BCUT2D eigenvalue weighted by Gasteiger charge is 2.12. The number of carbonyl (C=O) groups is 1. The fourth-order valence-electron chi connectivity index (χ4n) is 2.29. The zero-order valence-corrected chi connectivity index (χ0v) is 14.1. The van der Waals surface area contributed by atoms with E-state index < -0.39 is 0 Å². The number of thioether (sulfide) groups is 1. The highest BCUT2D eigenvalue weighted by molar-refractivity contribution is 7.99. The van der Waals surface area contributed by atoms with Gasteiger partial charge in [0.2, 0.25) is 11.1 Å². The fraction of sp³-hybridized carbons (Fsp3) is 0.0588. The van der Waals surface area contributed by atoms with E-state index in [1.54, 1.807) is 40.9 Å². The molecule has 4 aromatic rings. The average Bonchev–Trinajstić information content (AvgIpc) is 3.30. The van der Waals surface area contributed by atoms with Gasteiger partial charge >= 0.3 is 0 Å². The highest BCUT2D eigenvalue weighted by Crippen LogP contribution is 2.21. The van der Waals surface area contributed by atoms with Crippen molar-refractivity contribution < 1.29 is 13.6 Å². The molecule has 0 spiro atoms. The molecule has 0 saturated carbocycles. The molecule has 0 atom stereocenters. The molecular weight excluding hydrogens is 357 g/mol. The summed E-state index contributed by atoms with van der Waals surface area (Å²) in [4.78, 5) is 12.0. The maximum atomic E-state index is 13.1. The van der Waals surface area contributed by atoms with E-state index in [0.29, 0.717) is 22.4 Å². The van der Waals surface area contributed by atoms with Crippen molar-refractivity contribution in [1.82, 2.24) is 19.8 Å². The third-order valence-corrected chi connectivity index (χ3v) is 4.41. The monoisotopic (exact) mass is 369 g/mol. The van der Waals surface area contributed by atoms with Crippen LogP contribution in [0.5, 0.6) is 0 Å². The Balaban J connectivity index is 1.53. The Morgan fingerprint density at radius 3 is 2.77 bits per heavy atom. The third kappa shape index (κ3) is 3.42. The molecule has 3 aromatic heterocycles. The number of amides is 1. The number of aromatic nitrogens is 4. The Labute approximate surface area is 151 Å². The molecule has 9 heteroatoms. The number of carbonyl (C=O) groups excluding carboxylic acids is 1. The number of hydrogen-bond donors (Lipinski definition) is 1. The summed E-state index contributed by atoms with van der Waals surface area (Å²) in [5, 5.41) is 15.7. The van der Waals surface area contributed by atoms with Crippen molar-refractivity contribution in [3.8, 4) is 11.3 Å². The SMILES string of the molecule is O=C(CSc1nnc2ccc(-c3ccc(F)cc3)nn12)Nc1ccco1. The van der Waals surface area contributed by atoms with Gasteiger partial charge in [0.05, 0.1) is 17.7 Å². The van der Waals surface area contributed by atoms with Crippen LogP contribution in [0.1, 0.15) is 0 Å². The molecule has 1 N–H and O–H groups in total. The zero-order valence-electron chi connectivity index (χ0n) is 13.3. The molecule has 0 fully saturated rings. The second kappa shape index (κ2) is 6.96. The van der Waals surface area contributed by atoms with Crippen LogP contribution in [0.4, 0.5) is 10.3 Å². The average molecular weight is 369 g/mol. The lowest BCUT2D eigenvalue weighted by Crippen LogP contribution is -2.13. The van der Waals surface area contributed by atoms with Crippen LogP contribution >= 0.6 is 11.8 Å². The van der Waals surface area contributed by atoms with Gasteiger partial charge < -0.3 is 4.42 Å². The highest BCUT2D eigenvalue weighted by atomic mass is 32.2. The summed E-state index contributed by atoms with van der Waals surface area (Å²) < 4.78 is 19.7. The van der Waals surface area contributed by atoms with Crippen molar-refractivity contribution in [2.24, 2.45) is 0 Å². The first-order valence-corrected chi connectivity index (χ1v) is 8.62. The van der Waals surface area contributed by atoms with Gasteiger partial charge in [0.15, 0.2) is 11.5 Å². The lowest BCUT2D eigenvalue weighted by Gasteiger charge is -2.03. The number of furan rings is 1. The van der Waals surface area contributed by atoms with E-state index in [1.165, 1.54) is 30.2 Å². The number of hydrogen-bond acceptors (Lipinski definition) is 6. The van der Waals surface area contributed by atoms with E-state index in [-0.39, 0.29) is 17.5 Å². The zero-order chi connectivity index (χ0) is 17.9. The smallest absolute Gasteiger partial charge is 0.237 e. The van der Waals surface area contributed by atoms with Crippen LogP contribution in [-0.4, -0.2) is 31.5 Å². The van der Waals surface area contributed by atoms with Gasteiger partial charge in [-0.1, -0.05) is 11.8 Å². The quantitative estimate of drug-likeness (QED) is 0.544. The Kier molecular flexibility index (Phi) is 4.36. The lowest BCUT2D eigenvalue weighted by atomic mass is 10.1. The number of benzene rings is 1. The van der Waals surface area contributed by atoms with Crippen LogP contribution in [-0.2, 0) is 4.79 Å². The molecule has 0 radical (unpaired) electrons. The number of nitrogens with zero attached hydrogens (tertiary/aromatic N) is 4. The summed E-state index contributed by atoms with van der Waals surface area (Å²) in [7, 11) is 0. The molecule has 0 aliphatic carbocycles. The Hall–Kier alpha value is -3.20. The van der Waals surface area contributed by atoms with Gasteiger partial charge in [0.1, 0.15) is 5.82 Å². The van der Waals surface area contributed by atoms with Crippen LogP contribution in [0.3, 0.4) is 0 Å². The summed E-state index contributed by atoms with van der Waals surface area (Å²) in [6.45, 7) is 0. The van der Waals surface area contributed by atoms with Gasteiger partial charge in [-0.25, -0.2) is 4.39 Å². The summed E-state index contributed by atoms with van der Waals surface area (Å²) in [5.74, 6) is -0.0167. The van der Waals surface area contributed by atoms with Gasteiger partial charge in [0, 0.05) is 11.6 Å². The van der Waals surface area contributed by atoms with E-state index in [4.69, 9.17) is 4.42 Å². The van der Waals surface area contributed by atoms with E-state index >= 15 is 0 Å². The summed E-state index contributed by atoms with van der Waals surface area (Å²) in [6, 6.07) is 13.0. The van der Waals surface area contributed by atoms with E-state index in [1.807, 2.05) is 0 Å². The number of anilines is 1. The number of rotatable bonds is 5. The maximum absolute atomic E-state index is 13.1. The summed E-state index contributed by atoms with van der Waals surface area (Å²) in [5.41, 5.74) is 1.98. The molecule has 0 aliphatic rings. The minimum absolute atomic E-state index is 0.129. The molecule has 0 aliphatic heterocycles. The van der Waals surface area contributed by atoms with Gasteiger partial charge in [0.25, 0.3) is 0 Å². The lowest BCUT2D eigenvalue weighted by molar-refractivity contribution is -0.113. The van der Waals surface area contributed by atoms with Gasteiger partial charge in [-0.2, -0.15) is 9.61 Å². The molecule has 7 nitrogen and oxygen atoms in total. The molecule has 3 heterocycles. The van der Waals surface area contributed by atoms with Crippen molar-refractivity contribution in [2.45, 2.75) is 5.16 Å². The van der Waals surface area contributed by atoms with Crippen LogP contribution < -0.4 is 5.32 Å². The van der Waals surface area contributed by atoms with Gasteiger partial charge in [-0.05, 0) is 42.5 Å². The first-order valence-electron chi connectivity index (χ1n) is 7.63. The van der Waals surface area contributed by atoms with E-state index in [2.05, 4.69) is 20.6 Å². The van der Waals surface area contributed by atoms with Crippen molar-refractivity contribution in [2.75, 3.05) is 11.1 Å². The number of nitrogens with one attached hydrogen (secondary N) is 1. The van der Waals surface area contributed by atoms with Gasteiger partial charge in [-0.15, -0.1) is 10.2 Å². The second-order valence-corrected chi connectivity index (χ2v) is 6.23. The topological polar surface area (TPSA) is 85.3 Å². The molecule has 1 amide bonds. The largest absolute Gasteiger partial charge is 0.449 e. The molecule has 0 bridgehead atoms. The predicted octanol–water partition coefficient (Wildman–Crippen LogP) is 3.25. The Morgan fingerprint density at radius 2 is 2.00 bits per heavy atom. The van der Waals surface area contributed by atoms with Crippen molar-refractivity contribution in [3.63, 3.8) is 0 Å². The molecular formula is C17H12FN5O2S. The minimum atomic E-state index is -0.307. The van der Waals surface area contributed by atoms with Crippen molar-refractivity contribution in [3.05, 3.63) is 60.6 Å². The van der Waals surface area contributed by atoms with Crippen LogP contribution in [0.25, 0.3) is 16.9 Å². The van der Waals surface area contributed by atoms with Crippen LogP contribution in [0.15, 0.2) is 64.4 Å². The van der Waals surface area contributed by atoms with Crippen LogP contribution in [0, 0.1) is 5.82 Å². The Morgan fingerprint density at radius 1 is 1.15 bits per heavy atom. The Bertz CT molecular complexity index is 1050. The molecule has 0 unspecified atom stereocenters. The molecule has 4 rings (SSSR count). The number of halogens is 1. The maximum Gasteiger partial charge on any atom is 0.237 e. The summed E-state index contributed by atoms with van der Waals surface area (Å²) in [6.07, 6.45) is 1.48. The molecule has 26 heavy (non-hydrogen) atoms. The minimum Gasteiger partial charge on any atom is -0.449 e.